The highest BCUT2D eigenvalue weighted by Gasteiger charge is 2.33. The van der Waals surface area contributed by atoms with Crippen LogP contribution in [0.25, 0.3) is 0 Å². The summed E-state index contributed by atoms with van der Waals surface area (Å²) in [5.74, 6) is 0.839. The van der Waals surface area contributed by atoms with Crippen LogP contribution in [0.1, 0.15) is 33.1 Å². The number of rotatable bonds is 5. The van der Waals surface area contributed by atoms with Crippen LogP contribution in [0.5, 0.6) is 0 Å². The molecular weight excluding hydrogens is 254 g/mol. The molecule has 114 valence electrons. The number of nitrogens with zero attached hydrogens (tertiary/aromatic N) is 2. The van der Waals surface area contributed by atoms with E-state index in [1.165, 1.54) is 12.8 Å². The number of piperidine rings is 1. The van der Waals surface area contributed by atoms with E-state index < -0.39 is 0 Å². The summed E-state index contributed by atoms with van der Waals surface area (Å²) < 4.78 is 0. The van der Waals surface area contributed by atoms with Crippen LogP contribution >= 0.6 is 0 Å². The Hall–Kier alpha value is -1.10. The molecule has 0 aromatic rings. The van der Waals surface area contributed by atoms with E-state index in [2.05, 4.69) is 17.1 Å². The van der Waals surface area contributed by atoms with Gasteiger partial charge < -0.3 is 15.1 Å². The van der Waals surface area contributed by atoms with Crippen molar-refractivity contribution in [3.63, 3.8) is 0 Å². The molecule has 2 amide bonds. The molecule has 0 aliphatic carbocycles. The Balaban J connectivity index is 1.64. The minimum atomic E-state index is -0.149. The molecule has 2 rings (SSSR count). The van der Waals surface area contributed by atoms with E-state index in [0.29, 0.717) is 26.1 Å². The Morgan fingerprint density at radius 3 is 2.65 bits per heavy atom. The van der Waals surface area contributed by atoms with Gasteiger partial charge in [-0.2, -0.15) is 0 Å². The molecule has 5 nitrogen and oxygen atoms in total. The van der Waals surface area contributed by atoms with Crippen LogP contribution in [0.3, 0.4) is 0 Å². The summed E-state index contributed by atoms with van der Waals surface area (Å²) in [7, 11) is 0. The zero-order valence-corrected chi connectivity index (χ0v) is 12.7. The van der Waals surface area contributed by atoms with Crippen molar-refractivity contribution in [1.82, 2.24) is 15.1 Å². The predicted molar refractivity (Wildman–Crippen MR) is 78.2 cm³/mol. The molecule has 20 heavy (non-hydrogen) atoms. The van der Waals surface area contributed by atoms with Crippen molar-refractivity contribution in [3.05, 3.63) is 0 Å². The molecule has 1 atom stereocenters. The number of carbonyl (C=O) groups excluding carboxylic acids is 2. The molecule has 1 N–H and O–H groups in total. The summed E-state index contributed by atoms with van der Waals surface area (Å²) in [5, 5.41) is 2.99. The highest BCUT2D eigenvalue weighted by Crippen LogP contribution is 2.17. The van der Waals surface area contributed by atoms with Gasteiger partial charge >= 0.3 is 0 Å². The van der Waals surface area contributed by atoms with Gasteiger partial charge in [-0.25, -0.2) is 0 Å². The molecule has 0 aromatic heterocycles. The van der Waals surface area contributed by atoms with Crippen molar-refractivity contribution < 1.29 is 9.59 Å². The van der Waals surface area contributed by atoms with Gasteiger partial charge in [-0.15, -0.1) is 0 Å². The molecule has 2 aliphatic heterocycles. The van der Waals surface area contributed by atoms with E-state index in [1.807, 2.05) is 6.92 Å². The third-order valence-electron chi connectivity index (χ3n) is 4.57. The first-order chi connectivity index (χ1) is 9.60. The van der Waals surface area contributed by atoms with Crippen molar-refractivity contribution >= 4 is 11.8 Å². The van der Waals surface area contributed by atoms with E-state index in [1.54, 1.807) is 4.90 Å². The average molecular weight is 281 g/mol. The maximum absolute atomic E-state index is 12.0. The SMILES string of the molecule is CCN1CC(C(=O)NCCN2CCC(C)CC2)CC1=O. The number of carbonyl (C=O) groups is 2. The van der Waals surface area contributed by atoms with Crippen molar-refractivity contribution in [2.24, 2.45) is 11.8 Å². The lowest BCUT2D eigenvalue weighted by Crippen LogP contribution is -2.41. The van der Waals surface area contributed by atoms with Gasteiger partial charge in [0.05, 0.1) is 5.92 Å². The molecule has 2 fully saturated rings. The number of hydrogen-bond acceptors (Lipinski definition) is 3. The zero-order valence-electron chi connectivity index (χ0n) is 12.7. The van der Waals surface area contributed by atoms with Gasteiger partial charge in [0.1, 0.15) is 0 Å². The number of nitrogens with one attached hydrogen (secondary N) is 1. The van der Waals surface area contributed by atoms with Gasteiger partial charge in [-0.05, 0) is 38.8 Å². The fourth-order valence-corrected chi connectivity index (χ4v) is 3.02. The van der Waals surface area contributed by atoms with Crippen LogP contribution in [0.4, 0.5) is 0 Å². The third-order valence-corrected chi connectivity index (χ3v) is 4.57. The molecule has 2 heterocycles. The Morgan fingerprint density at radius 2 is 2.05 bits per heavy atom. The summed E-state index contributed by atoms with van der Waals surface area (Å²) >= 11 is 0. The van der Waals surface area contributed by atoms with Crippen LogP contribution in [0.15, 0.2) is 0 Å². The number of amides is 2. The Bertz CT molecular complexity index is 351. The number of hydrogen-bond donors (Lipinski definition) is 1. The minimum absolute atomic E-state index is 0.0414. The standard InChI is InChI=1S/C15H27N3O2/c1-3-18-11-13(10-14(18)19)15(20)16-6-9-17-7-4-12(2)5-8-17/h12-13H,3-11H2,1-2H3,(H,16,20). The topological polar surface area (TPSA) is 52.7 Å². The number of likely N-dealkylation sites (tertiary alicyclic amines) is 2. The fraction of sp³-hybridized carbons (Fsp3) is 0.867. The van der Waals surface area contributed by atoms with Crippen molar-refractivity contribution in [2.75, 3.05) is 39.3 Å². The molecular formula is C15H27N3O2. The highest BCUT2D eigenvalue weighted by molar-refractivity contribution is 5.89. The molecule has 5 heteroatoms. The lowest BCUT2D eigenvalue weighted by molar-refractivity contribution is -0.128. The molecule has 2 saturated heterocycles. The third kappa shape index (κ3) is 3.95. The van der Waals surface area contributed by atoms with Gasteiger partial charge in [-0.1, -0.05) is 6.92 Å². The normalized spacial score (nSPS) is 25.2. The molecule has 0 aromatic carbocycles. The monoisotopic (exact) mass is 281 g/mol. The minimum Gasteiger partial charge on any atom is -0.355 e. The summed E-state index contributed by atoms with van der Waals surface area (Å²) in [6, 6.07) is 0. The maximum atomic E-state index is 12.0. The Morgan fingerprint density at radius 1 is 1.35 bits per heavy atom. The van der Waals surface area contributed by atoms with Gasteiger partial charge in [0, 0.05) is 32.6 Å². The first-order valence-corrected chi connectivity index (χ1v) is 7.88. The van der Waals surface area contributed by atoms with Gasteiger partial charge in [0.2, 0.25) is 11.8 Å². The Labute approximate surface area is 121 Å². The molecule has 0 radical (unpaired) electrons. The largest absolute Gasteiger partial charge is 0.355 e. The smallest absolute Gasteiger partial charge is 0.225 e. The fourth-order valence-electron chi connectivity index (χ4n) is 3.02. The second-order valence-electron chi connectivity index (χ2n) is 6.15. The van der Waals surface area contributed by atoms with E-state index in [4.69, 9.17) is 0 Å². The summed E-state index contributed by atoms with van der Waals surface area (Å²) in [4.78, 5) is 27.8. The highest BCUT2D eigenvalue weighted by atomic mass is 16.2. The summed E-state index contributed by atoms with van der Waals surface area (Å²) in [6.45, 7) is 9.45. The zero-order chi connectivity index (χ0) is 14.5. The quantitative estimate of drug-likeness (QED) is 0.807. The van der Waals surface area contributed by atoms with E-state index in [0.717, 1.165) is 25.6 Å². The summed E-state index contributed by atoms with van der Waals surface area (Å²) in [6.07, 6.45) is 2.90. The second-order valence-corrected chi connectivity index (χ2v) is 6.15. The lowest BCUT2D eigenvalue weighted by Gasteiger charge is -2.30. The Kier molecular flexibility index (Phi) is 5.40. The van der Waals surface area contributed by atoms with Crippen LogP contribution in [-0.4, -0.2) is 60.9 Å². The van der Waals surface area contributed by atoms with Gasteiger partial charge in [0.25, 0.3) is 0 Å². The van der Waals surface area contributed by atoms with Gasteiger partial charge in [0.15, 0.2) is 0 Å². The lowest BCUT2D eigenvalue weighted by atomic mass is 9.99. The molecule has 1 unspecified atom stereocenters. The maximum Gasteiger partial charge on any atom is 0.225 e. The van der Waals surface area contributed by atoms with Crippen LogP contribution < -0.4 is 5.32 Å². The van der Waals surface area contributed by atoms with Crippen LogP contribution in [0.2, 0.25) is 0 Å². The van der Waals surface area contributed by atoms with Crippen LogP contribution in [0, 0.1) is 11.8 Å². The van der Waals surface area contributed by atoms with Crippen molar-refractivity contribution in [1.29, 1.82) is 0 Å². The van der Waals surface area contributed by atoms with E-state index in [-0.39, 0.29) is 17.7 Å². The first kappa shape index (κ1) is 15.3. The molecule has 0 saturated carbocycles. The van der Waals surface area contributed by atoms with Crippen molar-refractivity contribution in [3.8, 4) is 0 Å². The second kappa shape index (κ2) is 7.07. The van der Waals surface area contributed by atoms with Gasteiger partial charge in [-0.3, -0.25) is 9.59 Å². The first-order valence-electron chi connectivity index (χ1n) is 7.88. The van der Waals surface area contributed by atoms with E-state index >= 15 is 0 Å². The van der Waals surface area contributed by atoms with Crippen LogP contribution in [-0.2, 0) is 9.59 Å². The van der Waals surface area contributed by atoms with E-state index in [9.17, 15) is 9.59 Å². The summed E-state index contributed by atoms with van der Waals surface area (Å²) in [5.41, 5.74) is 0. The average Bonchev–Trinajstić information content (AvgIpc) is 2.82. The molecule has 2 aliphatic rings. The molecule has 0 spiro atoms. The molecule has 0 bridgehead atoms. The van der Waals surface area contributed by atoms with Crippen molar-refractivity contribution in [2.45, 2.75) is 33.1 Å². The predicted octanol–water partition coefficient (Wildman–Crippen LogP) is 0.703.